The molecule has 1 N–H and O–H groups in total. The van der Waals surface area contributed by atoms with E-state index in [4.69, 9.17) is 11.6 Å². The second kappa shape index (κ2) is 4.49. The van der Waals surface area contributed by atoms with Crippen LogP contribution < -0.4 is 5.43 Å². The van der Waals surface area contributed by atoms with E-state index in [9.17, 15) is 4.79 Å². The molecule has 0 fully saturated rings. The van der Waals surface area contributed by atoms with E-state index in [2.05, 4.69) is 10.5 Å². The molecule has 0 saturated heterocycles. The van der Waals surface area contributed by atoms with Crippen LogP contribution in [0.5, 0.6) is 0 Å². The van der Waals surface area contributed by atoms with Gasteiger partial charge in [-0.05, 0) is 30.2 Å². The quantitative estimate of drug-likeness (QED) is 0.798. The summed E-state index contributed by atoms with van der Waals surface area (Å²) in [4.78, 5) is 11.2. The highest BCUT2D eigenvalue weighted by Crippen LogP contribution is 2.20. The van der Waals surface area contributed by atoms with E-state index >= 15 is 0 Å². The van der Waals surface area contributed by atoms with Gasteiger partial charge in [-0.25, -0.2) is 5.43 Å². The van der Waals surface area contributed by atoms with Gasteiger partial charge in [-0.1, -0.05) is 29.8 Å². The van der Waals surface area contributed by atoms with Crippen molar-refractivity contribution in [3.8, 4) is 0 Å². The molecular formula is C12H11ClN2O. The summed E-state index contributed by atoms with van der Waals surface area (Å²) in [7, 11) is 0. The number of benzene rings is 1. The zero-order chi connectivity index (χ0) is 11.5. The van der Waals surface area contributed by atoms with Crippen LogP contribution in [0, 0.1) is 0 Å². The standard InChI is InChI=1S/C12H11ClN2O/c1-8-10(7-12(16)15-14-8)6-9-4-2-3-5-11(9)13/h2-6H,7H2,1H3,(H,15,16)/b10-6-. The Balaban J connectivity index is 2.37. The number of hydrogen-bond acceptors (Lipinski definition) is 2. The van der Waals surface area contributed by atoms with Crippen LogP contribution in [0.3, 0.4) is 0 Å². The second-order valence-corrected chi connectivity index (χ2v) is 4.01. The van der Waals surface area contributed by atoms with Gasteiger partial charge in [0.2, 0.25) is 5.91 Å². The monoisotopic (exact) mass is 234 g/mol. The van der Waals surface area contributed by atoms with Crippen molar-refractivity contribution in [2.24, 2.45) is 5.10 Å². The number of nitrogens with one attached hydrogen (secondary N) is 1. The number of rotatable bonds is 1. The molecule has 0 spiro atoms. The minimum absolute atomic E-state index is 0.0936. The van der Waals surface area contributed by atoms with Crippen molar-refractivity contribution < 1.29 is 4.79 Å². The lowest BCUT2D eigenvalue weighted by atomic mass is 10.0. The van der Waals surface area contributed by atoms with Crippen molar-refractivity contribution in [3.05, 3.63) is 40.4 Å². The molecule has 1 aliphatic rings. The van der Waals surface area contributed by atoms with Crippen LogP contribution in [0.1, 0.15) is 18.9 Å². The number of amides is 1. The van der Waals surface area contributed by atoms with Crippen LogP contribution in [0.4, 0.5) is 0 Å². The SMILES string of the molecule is CC1=NNC(=O)C/C1=C/c1ccccc1Cl. The maximum Gasteiger partial charge on any atom is 0.244 e. The van der Waals surface area contributed by atoms with Crippen molar-refractivity contribution in [3.63, 3.8) is 0 Å². The molecule has 4 heteroatoms. The summed E-state index contributed by atoms with van der Waals surface area (Å²) in [5.74, 6) is -0.0936. The molecule has 0 atom stereocenters. The Hall–Kier alpha value is -1.61. The zero-order valence-corrected chi connectivity index (χ0v) is 9.58. The van der Waals surface area contributed by atoms with E-state index in [1.165, 1.54) is 0 Å². The van der Waals surface area contributed by atoms with Gasteiger partial charge in [-0.3, -0.25) is 4.79 Å². The molecule has 1 aromatic carbocycles. The highest BCUT2D eigenvalue weighted by Gasteiger charge is 2.14. The van der Waals surface area contributed by atoms with Gasteiger partial charge in [-0.2, -0.15) is 5.10 Å². The number of nitrogens with zero attached hydrogens (tertiary/aromatic N) is 1. The summed E-state index contributed by atoms with van der Waals surface area (Å²) in [5, 5.41) is 4.60. The molecule has 2 rings (SSSR count). The molecule has 16 heavy (non-hydrogen) atoms. The fourth-order valence-corrected chi connectivity index (χ4v) is 1.68. The van der Waals surface area contributed by atoms with Crippen LogP contribution in [-0.2, 0) is 4.79 Å². The number of hydrazone groups is 1. The first-order chi connectivity index (χ1) is 7.66. The third-order valence-electron chi connectivity index (χ3n) is 2.40. The fraction of sp³-hybridized carbons (Fsp3) is 0.167. The van der Waals surface area contributed by atoms with Gasteiger partial charge < -0.3 is 0 Å². The van der Waals surface area contributed by atoms with Gasteiger partial charge in [0.15, 0.2) is 0 Å². The van der Waals surface area contributed by atoms with Gasteiger partial charge in [0, 0.05) is 5.02 Å². The van der Waals surface area contributed by atoms with Crippen molar-refractivity contribution in [2.45, 2.75) is 13.3 Å². The Morgan fingerprint density at radius 2 is 2.19 bits per heavy atom. The number of hydrogen-bond donors (Lipinski definition) is 1. The summed E-state index contributed by atoms with van der Waals surface area (Å²) in [6, 6.07) is 7.52. The van der Waals surface area contributed by atoms with Crippen molar-refractivity contribution >= 4 is 29.3 Å². The molecule has 1 heterocycles. The Morgan fingerprint density at radius 3 is 2.94 bits per heavy atom. The Morgan fingerprint density at radius 1 is 1.44 bits per heavy atom. The minimum Gasteiger partial charge on any atom is -0.273 e. The Bertz CT molecular complexity index is 492. The molecule has 0 saturated carbocycles. The average molecular weight is 235 g/mol. The van der Waals surface area contributed by atoms with Crippen molar-refractivity contribution in [2.75, 3.05) is 0 Å². The molecule has 1 aliphatic heterocycles. The van der Waals surface area contributed by atoms with E-state index in [0.29, 0.717) is 11.4 Å². The zero-order valence-electron chi connectivity index (χ0n) is 8.83. The van der Waals surface area contributed by atoms with E-state index in [1.54, 1.807) is 0 Å². The summed E-state index contributed by atoms with van der Waals surface area (Å²) in [6.45, 7) is 1.86. The van der Waals surface area contributed by atoms with Crippen LogP contribution >= 0.6 is 11.6 Å². The molecule has 0 aromatic heterocycles. The number of halogens is 1. The molecule has 0 aliphatic carbocycles. The Kier molecular flexibility index (Phi) is 3.06. The van der Waals surface area contributed by atoms with Gasteiger partial charge in [0.25, 0.3) is 0 Å². The predicted octanol–water partition coefficient (Wildman–Crippen LogP) is 2.62. The number of carbonyl (C=O) groups excluding carboxylic acids is 1. The largest absolute Gasteiger partial charge is 0.273 e. The molecule has 0 bridgehead atoms. The van der Waals surface area contributed by atoms with E-state index in [1.807, 2.05) is 37.3 Å². The van der Waals surface area contributed by atoms with Crippen LogP contribution in [-0.4, -0.2) is 11.6 Å². The lowest BCUT2D eigenvalue weighted by Gasteiger charge is -2.12. The molecule has 0 unspecified atom stereocenters. The smallest absolute Gasteiger partial charge is 0.244 e. The summed E-state index contributed by atoms with van der Waals surface area (Å²) in [5.41, 5.74) is 5.06. The van der Waals surface area contributed by atoms with E-state index in [0.717, 1.165) is 16.8 Å². The third kappa shape index (κ3) is 2.31. The average Bonchev–Trinajstić information content (AvgIpc) is 2.27. The van der Waals surface area contributed by atoms with E-state index in [-0.39, 0.29) is 5.91 Å². The first-order valence-corrected chi connectivity index (χ1v) is 5.33. The molecule has 1 aromatic rings. The van der Waals surface area contributed by atoms with Gasteiger partial charge >= 0.3 is 0 Å². The molecule has 0 radical (unpaired) electrons. The summed E-state index contributed by atoms with van der Waals surface area (Å²) < 4.78 is 0. The molecular weight excluding hydrogens is 224 g/mol. The van der Waals surface area contributed by atoms with Crippen molar-refractivity contribution in [1.29, 1.82) is 0 Å². The van der Waals surface area contributed by atoms with Crippen LogP contribution in [0.25, 0.3) is 6.08 Å². The summed E-state index contributed by atoms with van der Waals surface area (Å²) >= 11 is 6.04. The lowest BCUT2D eigenvalue weighted by Crippen LogP contribution is -2.26. The maximum atomic E-state index is 11.2. The predicted molar refractivity (Wildman–Crippen MR) is 65.3 cm³/mol. The maximum absolute atomic E-state index is 11.2. The summed E-state index contributed by atoms with van der Waals surface area (Å²) in [6.07, 6.45) is 2.25. The first-order valence-electron chi connectivity index (χ1n) is 4.95. The lowest BCUT2D eigenvalue weighted by molar-refractivity contribution is -0.120. The highest BCUT2D eigenvalue weighted by molar-refractivity contribution is 6.32. The first kappa shape index (κ1) is 10.9. The topological polar surface area (TPSA) is 41.5 Å². The van der Waals surface area contributed by atoms with Crippen molar-refractivity contribution in [1.82, 2.24) is 5.43 Å². The van der Waals surface area contributed by atoms with Crippen LogP contribution in [0.2, 0.25) is 5.02 Å². The molecule has 82 valence electrons. The highest BCUT2D eigenvalue weighted by atomic mass is 35.5. The number of carbonyl (C=O) groups is 1. The van der Waals surface area contributed by atoms with Gasteiger partial charge in [0.1, 0.15) is 0 Å². The second-order valence-electron chi connectivity index (χ2n) is 3.60. The van der Waals surface area contributed by atoms with Crippen LogP contribution in [0.15, 0.2) is 34.9 Å². The normalized spacial score (nSPS) is 18.2. The molecule has 3 nitrogen and oxygen atoms in total. The molecule has 1 amide bonds. The Labute approximate surface area is 98.8 Å². The third-order valence-corrected chi connectivity index (χ3v) is 2.74. The van der Waals surface area contributed by atoms with E-state index < -0.39 is 0 Å². The minimum atomic E-state index is -0.0936. The fourth-order valence-electron chi connectivity index (χ4n) is 1.49. The van der Waals surface area contributed by atoms with Gasteiger partial charge in [-0.15, -0.1) is 0 Å². The van der Waals surface area contributed by atoms with Gasteiger partial charge in [0.05, 0.1) is 12.1 Å².